The number of benzene rings is 1. The van der Waals surface area contributed by atoms with Crippen molar-refractivity contribution in [3.63, 3.8) is 0 Å². The Morgan fingerprint density at radius 3 is 2.44 bits per heavy atom. The average molecular weight is 486 g/mol. The van der Waals surface area contributed by atoms with E-state index in [4.69, 9.17) is 4.74 Å². The number of ether oxygens (including phenoxy) is 1. The second-order valence-electron chi connectivity index (χ2n) is 9.02. The molecule has 1 aromatic carbocycles. The fourth-order valence-electron chi connectivity index (χ4n) is 4.69. The Hall–Kier alpha value is -2.39. The molecule has 2 aromatic rings. The summed E-state index contributed by atoms with van der Waals surface area (Å²) >= 11 is 1.45. The highest BCUT2D eigenvalue weighted by Gasteiger charge is 2.31. The molecule has 2 aliphatic rings. The number of carbonyl (C=O) groups excluding carboxylic acids is 2. The van der Waals surface area contributed by atoms with Gasteiger partial charge in [-0.25, -0.2) is 0 Å². The molecule has 1 aromatic heterocycles. The lowest BCUT2D eigenvalue weighted by Crippen LogP contribution is -2.43. The molecule has 0 radical (unpaired) electrons. The van der Waals surface area contributed by atoms with Crippen molar-refractivity contribution in [2.24, 2.45) is 5.92 Å². The third-order valence-corrected chi connectivity index (χ3v) is 7.62. The van der Waals surface area contributed by atoms with Gasteiger partial charge in [-0.05, 0) is 64.8 Å². The number of rotatable bonds is 8. The third kappa shape index (κ3) is 5.99. The standard InChI is InChI=1S/C25H35N5O3S/c1-3-33-24(32)20-12-16-29(17-13-20)23(31)19(2)34-25-27-26-22(18-28-14-8-5-9-15-28)30(25)21-10-6-4-7-11-21/h4,6-7,10-11,19-20H,3,5,8-9,12-18H2,1-2H3. The van der Waals surface area contributed by atoms with Gasteiger partial charge in [0.2, 0.25) is 5.91 Å². The predicted octanol–water partition coefficient (Wildman–Crippen LogP) is 3.54. The van der Waals surface area contributed by atoms with Crippen LogP contribution in [0.25, 0.3) is 5.69 Å². The van der Waals surface area contributed by atoms with Crippen molar-refractivity contribution >= 4 is 23.6 Å². The molecule has 4 rings (SSSR count). The predicted molar refractivity (Wildman–Crippen MR) is 132 cm³/mol. The van der Waals surface area contributed by atoms with Crippen molar-refractivity contribution in [3.8, 4) is 5.69 Å². The molecule has 1 unspecified atom stereocenters. The number of amides is 1. The number of carbonyl (C=O) groups is 2. The fourth-order valence-corrected chi connectivity index (χ4v) is 5.66. The molecule has 9 heteroatoms. The highest BCUT2D eigenvalue weighted by atomic mass is 32.2. The van der Waals surface area contributed by atoms with Crippen molar-refractivity contribution in [1.29, 1.82) is 0 Å². The van der Waals surface area contributed by atoms with E-state index in [0.717, 1.165) is 36.3 Å². The minimum Gasteiger partial charge on any atom is -0.466 e. The molecule has 0 N–H and O–H groups in total. The van der Waals surface area contributed by atoms with Crippen molar-refractivity contribution in [2.45, 2.75) is 62.9 Å². The lowest BCUT2D eigenvalue weighted by Gasteiger charge is -2.32. The molecule has 8 nitrogen and oxygen atoms in total. The zero-order valence-corrected chi connectivity index (χ0v) is 21.0. The number of aromatic nitrogens is 3. The van der Waals surface area contributed by atoms with Crippen molar-refractivity contribution in [1.82, 2.24) is 24.6 Å². The van der Waals surface area contributed by atoms with Crippen LogP contribution in [0, 0.1) is 5.92 Å². The van der Waals surface area contributed by atoms with Crippen LogP contribution in [-0.2, 0) is 20.9 Å². The molecule has 0 spiro atoms. The minimum atomic E-state index is -0.298. The summed E-state index contributed by atoms with van der Waals surface area (Å²) < 4.78 is 7.24. The lowest BCUT2D eigenvalue weighted by atomic mass is 9.97. The van der Waals surface area contributed by atoms with Crippen LogP contribution in [0.2, 0.25) is 0 Å². The van der Waals surface area contributed by atoms with E-state index in [2.05, 4.69) is 31.8 Å². The Morgan fingerprint density at radius 1 is 1.06 bits per heavy atom. The van der Waals surface area contributed by atoms with Crippen LogP contribution in [0.4, 0.5) is 0 Å². The number of thioether (sulfide) groups is 1. The molecule has 0 aliphatic carbocycles. The van der Waals surface area contributed by atoms with Crippen LogP contribution >= 0.6 is 11.8 Å². The van der Waals surface area contributed by atoms with Gasteiger partial charge in [0.25, 0.3) is 0 Å². The molecule has 34 heavy (non-hydrogen) atoms. The van der Waals surface area contributed by atoms with Crippen LogP contribution in [0.1, 0.15) is 51.8 Å². The maximum Gasteiger partial charge on any atom is 0.309 e. The highest BCUT2D eigenvalue weighted by molar-refractivity contribution is 8.00. The smallest absolute Gasteiger partial charge is 0.309 e. The van der Waals surface area contributed by atoms with Gasteiger partial charge in [-0.15, -0.1) is 10.2 Å². The zero-order valence-electron chi connectivity index (χ0n) is 20.2. The maximum atomic E-state index is 13.2. The number of likely N-dealkylation sites (tertiary alicyclic amines) is 2. The van der Waals surface area contributed by atoms with Crippen LogP contribution in [0.5, 0.6) is 0 Å². The van der Waals surface area contributed by atoms with Gasteiger partial charge in [0.1, 0.15) is 0 Å². The van der Waals surface area contributed by atoms with E-state index in [9.17, 15) is 9.59 Å². The number of hydrogen-bond acceptors (Lipinski definition) is 7. The monoisotopic (exact) mass is 485 g/mol. The van der Waals surface area contributed by atoms with E-state index in [1.54, 1.807) is 0 Å². The van der Waals surface area contributed by atoms with Gasteiger partial charge in [-0.3, -0.25) is 19.1 Å². The normalized spacial score (nSPS) is 18.6. The molecule has 2 aliphatic heterocycles. The van der Waals surface area contributed by atoms with Gasteiger partial charge in [0, 0.05) is 18.8 Å². The Bertz CT molecular complexity index is 953. The summed E-state index contributed by atoms with van der Waals surface area (Å²) in [6.07, 6.45) is 5.04. The third-order valence-electron chi connectivity index (χ3n) is 6.58. The summed E-state index contributed by atoms with van der Waals surface area (Å²) in [7, 11) is 0. The van der Waals surface area contributed by atoms with E-state index in [1.807, 2.05) is 36.9 Å². The van der Waals surface area contributed by atoms with Gasteiger partial charge in [0.15, 0.2) is 11.0 Å². The molecule has 2 fully saturated rings. The molecular weight excluding hydrogens is 450 g/mol. The molecule has 2 saturated heterocycles. The summed E-state index contributed by atoms with van der Waals surface area (Å²) in [5.41, 5.74) is 1.01. The molecule has 1 amide bonds. The highest BCUT2D eigenvalue weighted by Crippen LogP contribution is 2.29. The van der Waals surface area contributed by atoms with Crippen LogP contribution in [0.15, 0.2) is 35.5 Å². The maximum absolute atomic E-state index is 13.2. The van der Waals surface area contributed by atoms with Crippen molar-refractivity contribution < 1.29 is 14.3 Å². The first-order valence-electron chi connectivity index (χ1n) is 12.4. The van der Waals surface area contributed by atoms with Gasteiger partial charge in [-0.1, -0.05) is 36.4 Å². The Morgan fingerprint density at radius 2 is 1.76 bits per heavy atom. The number of para-hydroxylation sites is 1. The quantitative estimate of drug-likeness (QED) is 0.418. The van der Waals surface area contributed by atoms with Crippen molar-refractivity contribution in [3.05, 3.63) is 36.2 Å². The summed E-state index contributed by atoms with van der Waals surface area (Å²) in [5, 5.41) is 9.47. The van der Waals surface area contributed by atoms with Gasteiger partial charge in [-0.2, -0.15) is 0 Å². The topological polar surface area (TPSA) is 80.6 Å². The second kappa shape index (κ2) is 11.8. The largest absolute Gasteiger partial charge is 0.466 e. The van der Waals surface area contributed by atoms with E-state index in [1.165, 1.54) is 31.0 Å². The minimum absolute atomic E-state index is 0.0764. The van der Waals surface area contributed by atoms with Gasteiger partial charge in [0.05, 0.1) is 24.3 Å². The fraction of sp³-hybridized carbons (Fsp3) is 0.600. The Labute approximate surface area is 206 Å². The molecule has 0 bridgehead atoms. The molecule has 0 saturated carbocycles. The molecular formula is C25H35N5O3S. The zero-order chi connectivity index (χ0) is 23.9. The van der Waals surface area contributed by atoms with E-state index < -0.39 is 0 Å². The average Bonchev–Trinajstić information content (AvgIpc) is 3.26. The van der Waals surface area contributed by atoms with E-state index in [-0.39, 0.29) is 23.0 Å². The van der Waals surface area contributed by atoms with Crippen LogP contribution < -0.4 is 0 Å². The van der Waals surface area contributed by atoms with E-state index >= 15 is 0 Å². The first kappa shape index (κ1) is 24.7. The summed E-state index contributed by atoms with van der Waals surface area (Å²) in [6.45, 7) is 8.24. The number of esters is 1. The van der Waals surface area contributed by atoms with E-state index in [0.29, 0.717) is 32.5 Å². The summed E-state index contributed by atoms with van der Waals surface area (Å²) in [4.78, 5) is 29.5. The molecule has 1 atom stereocenters. The Kier molecular flexibility index (Phi) is 8.61. The number of piperidine rings is 2. The SMILES string of the molecule is CCOC(=O)C1CCN(C(=O)C(C)Sc2nnc(CN3CCCCC3)n2-c2ccccc2)CC1. The van der Waals surface area contributed by atoms with Crippen molar-refractivity contribution in [2.75, 3.05) is 32.8 Å². The van der Waals surface area contributed by atoms with Crippen LogP contribution in [0.3, 0.4) is 0 Å². The molecule has 3 heterocycles. The number of hydrogen-bond donors (Lipinski definition) is 0. The van der Waals surface area contributed by atoms with Crippen LogP contribution in [-0.4, -0.2) is 74.5 Å². The first-order valence-corrected chi connectivity index (χ1v) is 13.3. The lowest BCUT2D eigenvalue weighted by molar-refractivity contribution is -0.151. The van der Waals surface area contributed by atoms with Gasteiger partial charge < -0.3 is 9.64 Å². The Balaban J connectivity index is 1.44. The van der Waals surface area contributed by atoms with Gasteiger partial charge >= 0.3 is 5.97 Å². The molecule has 184 valence electrons. The summed E-state index contributed by atoms with van der Waals surface area (Å²) in [6, 6.07) is 10.1. The summed E-state index contributed by atoms with van der Waals surface area (Å²) in [5.74, 6) is 0.734. The second-order valence-corrected chi connectivity index (χ2v) is 10.3. The number of nitrogens with zero attached hydrogens (tertiary/aromatic N) is 5. The first-order chi connectivity index (χ1) is 16.6.